The second-order valence-electron chi connectivity index (χ2n) is 7.61. The van der Waals surface area contributed by atoms with E-state index in [2.05, 4.69) is 91.0 Å². The second kappa shape index (κ2) is 9.28. The Bertz CT molecular complexity index is 1320. The first kappa shape index (κ1) is 19.7. The molecule has 0 radical (unpaired) electrons. The van der Waals surface area contributed by atoms with E-state index >= 15 is 0 Å². The number of hydrogen-bond acceptors (Lipinski definition) is 0. The molecule has 1 nitrogen and oxygen atoms in total. The van der Waals surface area contributed by atoms with Crippen LogP contribution >= 0.6 is 0 Å². The third-order valence-corrected chi connectivity index (χ3v) is 5.43. The summed E-state index contributed by atoms with van der Waals surface area (Å²) in [5.41, 5.74) is 6.60. The van der Waals surface area contributed by atoms with E-state index < -0.39 is 0 Å². The highest BCUT2D eigenvalue weighted by Crippen LogP contribution is 2.39. The van der Waals surface area contributed by atoms with Crippen LogP contribution in [0.1, 0.15) is 11.1 Å². The molecule has 1 aromatic heterocycles. The highest BCUT2D eigenvalue weighted by molar-refractivity contribution is 5.90. The molecule has 0 fully saturated rings. The van der Waals surface area contributed by atoms with E-state index in [0.29, 0.717) is 0 Å². The van der Waals surface area contributed by atoms with E-state index in [9.17, 15) is 0 Å². The van der Waals surface area contributed by atoms with Gasteiger partial charge in [0.2, 0.25) is 0 Å². The minimum atomic E-state index is 0.844. The van der Waals surface area contributed by atoms with Gasteiger partial charge in [0.05, 0.1) is 22.8 Å². The molecule has 0 aliphatic carbocycles. The SMILES string of the molecule is C(=C\c1cc(-c2ccccc2)[o+]c(-c2ccccc2)c1-c1ccccc1)/c1ccccc1. The average molecular weight is 412 g/mol. The summed E-state index contributed by atoms with van der Waals surface area (Å²) in [6, 6.07) is 43.6. The first-order chi connectivity index (χ1) is 15.9. The number of hydrogen-bond donors (Lipinski definition) is 0. The predicted molar refractivity (Wildman–Crippen MR) is 135 cm³/mol. The van der Waals surface area contributed by atoms with Crippen molar-refractivity contribution in [2.24, 2.45) is 0 Å². The summed E-state index contributed by atoms with van der Waals surface area (Å²) in [5.74, 6) is 1.71. The van der Waals surface area contributed by atoms with Gasteiger partial charge in [-0.25, -0.2) is 4.42 Å². The van der Waals surface area contributed by atoms with Crippen molar-refractivity contribution in [3.63, 3.8) is 0 Å². The lowest BCUT2D eigenvalue weighted by atomic mass is 9.94. The van der Waals surface area contributed by atoms with Crippen LogP contribution in [0.25, 0.3) is 45.9 Å². The Balaban J connectivity index is 1.78. The van der Waals surface area contributed by atoms with Gasteiger partial charge in [-0.05, 0) is 35.4 Å². The van der Waals surface area contributed by atoms with Gasteiger partial charge in [0.15, 0.2) is 0 Å². The topological polar surface area (TPSA) is 11.3 Å². The Morgan fingerprint density at radius 3 is 1.56 bits per heavy atom. The molecule has 0 spiro atoms. The van der Waals surface area contributed by atoms with Crippen molar-refractivity contribution >= 4 is 12.2 Å². The lowest BCUT2D eigenvalue weighted by molar-refractivity contribution is 0.583. The maximum atomic E-state index is 6.59. The third kappa shape index (κ3) is 4.28. The third-order valence-electron chi connectivity index (χ3n) is 5.43. The smallest absolute Gasteiger partial charge is 0.206 e. The van der Waals surface area contributed by atoms with Crippen LogP contribution in [0.2, 0.25) is 0 Å². The molecule has 1 heteroatoms. The van der Waals surface area contributed by atoms with E-state index in [4.69, 9.17) is 4.42 Å². The quantitative estimate of drug-likeness (QED) is 0.263. The molecule has 32 heavy (non-hydrogen) atoms. The number of benzene rings is 4. The van der Waals surface area contributed by atoms with Crippen molar-refractivity contribution in [2.45, 2.75) is 0 Å². The summed E-state index contributed by atoms with van der Waals surface area (Å²) >= 11 is 0. The van der Waals surface area contributed by atoms with Gasteiger partial charge in [-0.15, -0.1) is 0 Å². The van der Waals surface area contributed by atoms with Gasteiger partial charge < -0.3 is 0 Å². The molecule has 0 amide bonds. The van der Waals surface area contributed by atoms with Gasteiger partial charge in [0, 0.05) is 5.56 Å². The molecule has 4 aromatic carbocycles. The Morgan fingerprint density at radius 1 is 0.469 bits per heavy atom. The summed E-state index contributed by atoms with van der Waals surface area (Å²) in [6.07, 6.45) is 4.34. The zero-order valence-corrected chi connectivity index (χ0v) is 17.7. The fourth-order valence-electron chi connectivity index (χ4n) is 3.86. The van der Waals surface area contributed by atoms with Crippen LogP contribution < -0.4 is 0 Å². The standard InChI is InChI=1S/C31H23O/c1-5-13-24(14-6-1)21-22-28-23-29(25-15-7-2-8-16-25)32-31(27-19-11-4-12-20-27)30(28)26-17-9-3-10-18-26/h1-23H/q+1/b22-21+. The van der Waals surface area contributed by atoms with Crippen molar-refractivity contribution in [2.75, 3.05) is 0 Å². The van der Waals surface area contributed by atoms with Gasteiger partial charge in [0.1, 0.15) is 0 Å². The molecule has 0 unspecified atom stereocenters. The minimum absolute atomic E-state index is 0.844. The molecule has 0 saturated carbocycles. The maximum Gasteiger partial charge on any atom is 0.369 e. The zero-order valence-electron chi connectivity index (χ0n) is 17.7. The fraction of sp³-hybridized carbons (Fsp3) is 0. The van der Waals surface area contributed by atoms with Crippen LogP contribution in [0.5, 0.6) is 0 Å². The molecule has 152 valence electrons. The van der Waals surface area contributed by atoms with Gasteiger partial charge >= 0.3 is 11.5 Å². The molecule has 0 atom stereocenters. The van der Waals surface area contributed by atoms with E-state index in [1.807, 2.05) is 48.5 Å². The largest absolute Gasteiger partial charge is 0.369 e. The van der Waals surface area contributed by atoms with Crippen LogP contribution in [0.4, 0.5) is 0 Å². The first-order valence-corrected chi connectivity index (χ1v) is 10.8. The molecule has 5 rings (SSSR count). The minimum Gasteiger partial charge on any atom is -0.206 e. The van der Waals surface area contributed by atoms with E-state index in [1.54, 1.807) is 0 Å². The second-order valence-corrected chi connectivity index (χ2v) is 7.61. The highest BCUT2D eigenvalue weighted by Gasteiger charge is 2.26. The molecular weight excluding hydrogens is 388 g/mol. The summed E-state index contributed by atoms with van der Waals surface area (Å²) in [6.45, 7) is 0. The molecule has 1 heterocycles. The monoisotopic (exact) mass is 411 g/mol. The zero-order chi connectivity index (χ0) is 21.6. The Kier molecular flexibility index (Phi) is 5.72. The number of rotatable bonds is 5. The van der Waals surface area contributed by atoms with E-state index in [1.165, 1.54) is 0 Å². The van der Waals surface area contributed by atoms with Gasteiger partial charge in [-0.1, -0.05) is 109 Å². The van der Waals surface area contributed by atoms with Crippen molar-refractivity contribution in [1.29, 1.82) is 0 Å². The van der Waals surface area contributed by atoms with Gasteiger partial charge in [-0.3, -0.25) is 0 Å². The maximum absolute atomic E-state index is 6.59. The van der Waals surface area contributed by atoms with Crippen LogP contribution in [-0.2, 0) is 0 Å². The molecule has 0 aliphatic heterocycles. The Labute approximate surface area is 189 Å². The van der Waals surface area contributed by atoms with Crippen LogP contribution in [0, 0.1) is 0 Å². The molecular formula is C31H23O+. The summed E-state index contributed by atoms with van der Waals surface area (Å²) in [7, 11) is 0. The summed E-state index contributed by atoms with van der Waals surface area (Å²) < 4.78 is 6.59. The normalized spacial score (nSPS) is 11.0. The van der Waals surface area contributed by atoms with Crippen molar-refractivity contribution in [3.05, 3.63) is 139 Å². The Hall–Kier alpha value is -4.23. The van der Waals surface area contributed by atoms with Crippen molar-refractivity contribution in [1.82, 2.24) is 0 Å². The van der Waals surface area contributed by atoms with Crippen LogP contribution in [0.15, 0.2) is 132 Å². The molecule has 0 bridgehead atoms. The lowest BCUT2D eigenvalue weighted by Crippen LogP contribution is -1.92. The van der Waals surface area contributed by atoms with Gasteiger partial charge in [0.25, 0.3) is 0 Å². The molecule has 5 aromatic rings. The highest BCUT2D eigenvalue weighted by atomic mass is 16.3. The summed E-state index contributed by atoms with van der Waals surface area (Å²) in [5, 5.41) is 0. The van der Waals surface area contributed by atoms with Gasteiger partial charge in [-0.2, -0.15) is 0 Å². The lowest BCUT2D eigenvalue weighted by Gasteiger charge is -2.08. The first-order valence-electron chi connectivity index (χ1n) is 10.8. The fourth-order valence-corrected chi connectivity index (χ4v) is 3.86. The van der Waals surface area contributed by atoms with E-state index in [0.717, 1.165) is 44.9 Å². The Morgan fingerprint density at radius 2 is 0.969 bits per heavy atom. The molecule has 0 saturated heterocycles. The predicted octanol–water partition coefficient (Wildman–Crippen LogP) is 8.73. The van der Waals surface area contributed by atoms with Crippen molar-refractivity contribution in [3.8, 4) is 33.8 Å². The van der Waals surface area contributed by atoms with Crippen molar-refractivity contribution < 1.29 is 4.42 Å². The molecule has 0 aliphatic rings. The van der Waals surface area contributed by atoms with Crippen LogP contribution in [0.3, 0.4) is 0 Å². The molecule has 0 N–H and O–H groups in total. The van der Waals surface area contributed by atoms with Crippen LogP contribution in [-0.4, -0.2) is 0 Å². The van der Waals surface area contributed by atoms with E-state index in [-0.39, 0.29) is 0 Å². The average Bonchev–Trinajstić information content (AvgIpc) is 2.89. The summed E-state index contributed by atoms with van der Waals surface area (Å²) in [4.78, 5) is 0.